The lowest BCUT2D eigenvalue weighted by molar-refractivity contribution is -0.140. The minimum atomic E-state index is -4.92. The Hall–Kier alpha value is -1.73. The molecule has 0 nitrogen and oxygen atoms in total. The summed E-state index contributed by atoms with van der Waals surface area (Å²) in [5, 5.41) is -0.0829. The second-order valence-corrected chi connectivity index (χ2v) is 6.99. The Morgan fingerprint density at radius 2 is 1.46 bits per heavy atom. The summed E-state index contributed by atoms with van der Waals surface area (Å²) in [5.41, 5.74) is -1.99. The van der Waals surface area contributed by atoms with Crippen molar-refractivity contribution in [2.45, 2.75) is 32.1 Å². The Morgan fingerprint density at radius 3 is 1.93 bits per heavy atom. The van der Waals surface area contributed by atoms with Gasteiger partial charge in [-0.2, -0.15) is 26.3 Å². The molecule has 0 fully saturated rings. The Kier molecular flexibility index (Phi) is 6.40. The molecule has 0 radical (unpaired) electrons. The van der Waals surface area contributed by atoms with Gasteiger partial charge in [-0.25, -0.2) is 4.39 Å². The number of halogens is 9. The molecule has 0 aliphatic rings. The molecule has 28 heavy (non-hydrogen) atoms. The third-order valence-corrected chi connectivity index (χ3v) is 4.93. The average molecular weight is 445 g/mol. The average Bonchev–Trinajstić information content (AvgIpc) is 2.55. The van der Waals surface area contributed by atoms with Crippen LogP contribution in [-0.2, 0) is 6.18 Å². The number of hydrogen-bond donors (Lipinski definition) is 0. The van der Waals surface area contributed by atoms with E-state index in [1.54, 1.807) is 0 Å². The fraction of sp³-hybridized carbons (Fsp3) is 0.263. The standard InChI is InChI=1S/C19H13Cl2F7/c1-9-3-4-11(5-13(9)18(23,24)25)17(22)8-14(19(26,27)28)12-6-15(20)10(2)16(21)7-12/h3-8,14H,1-2H3/b17-8-. The van der Waals surface area contributed by atoms with Gasteiger partial charge in [-0.1, -0.05) is 35.3 Å². The third-order valence-electron chi connectivity index (χ3n) is 4.15. The molecule has 0 aliphatic heterocycles. The van der Waals surface area contributed by atoms with Crippen LogP contribution in [0.25, 0.3) is 5.83 Å². The van der Waals surface area contributed by atoms with E-state index in [-0.39, 0.29) is 21.7 Å². The second kappa shape index (κ2) is 7.95. The molecular formula is C19H13Cl2F7. The highest BCUT2D eigenvalue weighted by Crippen LogP contribution is 2.41. The minimum absolute atomic E-state index is 0.0414. The van der Waals surface area contributed by atoms with Gasteiger partial charge in [0.05, 0.1) is 5.56 Å². The lowest BCUT2D eigenvalue weighted by Crippen LogP contribution is -2.19. The van der Waals surface area contributed by atoms with Crippen LogP contribution >= 0.6 is 23.2 Å². The van der Waals surface area contributed by atoms with E-state index in [0.717, 1.165) is 24.3 Å². The molecule has 1 unspecified atom stereocenters. The van der Waals surface area contributed by atoms with Crippen LogP contribution in [0.5, 0.6) is 0 Å². The van der Waals surface area contributed by atoms with Gasteiger partial charge in [-0.05, 0) is 54.8 Å². The summed E-state index contributed by atoms with van der Waals surface area (Å²) >= 11 is 11.7. The second-order valence-electron chi connectivity index (χ2n) is 6.17. The SMILES string of the molecule is Cc1ccc(/C(F)=C/C(c2cc(Cl)c(C)c(Cl)c2)C(F)(F)F)cc1C(F)(F)F. The molecule has 0 saturated carbocycles. The summed E-state index contributed by atoms with van der Waals surface area (Å²) in [4.78, 5) is 0. The summed E-state index contributed by atoms with van der Waals surface area (Å²) in [5.74, 6) is -3.89. The monoisotopic (exact) mass is 444 g/mol. The highest BCUT2D eigenvalue weighted by molar-refractivity contribution is 6.36. The molecule has 2 rings (SSSR count). The van der Waals surface area contributed by atoms with Crippen LogP contribution in [0.15, 0.2) is 36.4 Å². The first kappa shape index (κ1) is 22.6. The van der Waals surface area contributed by atoms with Crippen LogP contribution in [0.3, 0.4) is 0 Å². The molecule has 0 aliphatic carbocycles. The molecule has 0 aromatic heterocycles. The smallest absolute Gasteiger partial charge is 0.207 e. The molecule has 2 aromatic rings. The first-order valence-electron chi connectivity index (χ1n) is 7.79. The van der Waals surface area contributed by atoms with Gasteiger partial charge in [0.25, 0.3) is 0 Å². The highest BCUT2D eigenvalue weighted by Gasteiger charge is 2.40. The van der Waals surface area contributed by atoms with Crippen molar-refractivity contribution in [2.75, 3.05) is 0 Å². The van der Waals surface area contributed by atoms with Gasteiger partial charge >= 0.3 is 12.4 Å². The largest absolute Gasteiger partial charge is 0.416 e. The first-order chi connectivity index (χ1) is 12.7. The van der Waals surface area contributed by atoms with Gasteiger partial charge in [0, 0.05) is 15.6 Å². The molecule has 0 heterocycles. The van der Waals surface area contributed by atoms with Gasteiger partial charge in [-0.3, -0.25) is 0 Å². The van der Waals surface area contributed by atoms with E-state index < -0.39 is 40.8 Å². The Morgan fingerprint density at radius 1 is 0.929 bits per heavy atom. The predicted octanol–water partition coefficient (Wildman–Crippen LogP) is 8.29. The van der Waals surface area contributed by atoms with Crippen molar-refractivity contribution in [1.82, 2.24) is 0 Å². The summed E-state index contributed by atoms with van der Waals surface area (Å²) in [7, 11) is 0. The lowest BCUT2D eigenvalue weighted by Gasteiger charge is -2.19. The van der Waals surface area contributed by atoms with Crippen molar-refractivity contribution in [3.05, 3.63) is 74.3 Å². The Balaban J connectivity index is 2.57. The van der Waals surface area contributed by atoms with Crippen molar-refractivity contribution in [3.63, 3.8) is 0 Å². The lowest BCUT2D eigenvalue weighted by atomic mass is 9.95. The number of allylic oxidation sites excluding steroid dienone is 1. The maximum Gasteiger partial charge on any atom is 0.416 e. The van der Waals surface area contributed by atoms with Crippen LogP contribution in [-0.4, -0.2) is 6.18 Å². The quantitative estimate of drug-likeness (QED) is 0.417. The van der Waals surface area contributed by atoms with Crippen LogP contribution in [0.1, 0.15) is 33.7 Å². The number of hydrogen-bond acceptors (Lipinski definition) is 0. The van der Waals surface area contributed by atoms with E-state index in [1.165, 1.54) is 13.8 Å². The minimum Gasteiger partial charge on any atom is -0.207 e. The van der Waals surface area contributed by atoms with Gasteiger partial charge in [-0.15, -0.1) is 0 Å². The molecule has 0 bridgehead atoms. The number of alkyl halides is 6. The summed E-state index contributed by atoms with van der Waals surface area (Å²) in [6.45, 7) is 2.67. The predicted molar refractivity (Wildman–Crippen MR) is 95.3 cm³/mol. The van der Waals surface area contributed by atoms with Crippen LogP contribution in [0, 0.1) is 13.8 Å². The topological polar surface area (TPSA) is 0 Å². The van der Waals surface area contributed by atoms with Crippen molar-refractivity contribution in [2.24, 2.45) is 0 Å². The number of rotatable bonds is 3. The Labute approximate surface area is 166 Å². The van der Waals surface area contributed by atoms with Crippen LogP contribution < -0.4 is 0 Å². The molecule has 9 heteroatoms. The molecule has 0 amide bonds. The van der Waals surface area contributed by atoms with E-state index in [9.17, 15) is 30.7 Å². The fourth-order valence-corrected chi connectivity index (χ4v) is 3.05. The zero-order chi connectivity index (χ0) is 21.4. The van der Waals surface area contributed by atoms with Crippen molar-refractivity contribution >= 4 is 29.0 Å². The molecule has 1 atom stereocenters. The van der Waals surface area contributed by atoms with E-state index in [1.807, 2.05) is 0 Å². The third kappa shape index (κ3) is 5.00. The summed E-state index contributed by atoms with van der Waals surface area (Å²) in [6.07, 6.45) is -9.47. The van der Waals surface area contributed by atoms with Gasteiger partial charge in [0.2, 0.25) is 0 Å². The number of aryl methyl sites for hydroxylation is 1. The van der Waals surface area contributed by atoms with E-state index in [2.05, 4.69) is 0 Å². The zero-order valence-corrected chi connectivity index (χ0v) is 16.0. The molecular weight excluding hydrogens is 432 g/mol. The molecule has 152 valence electrons. The molecule has 2 aromatic carbocycles. The van der Waals surface area contributed by atoms with Gasteiger partial charge < -0.3 is 0 Å². The van der Waals surface area contributed by atoms with Crippen LogP contribution in [0.4, 0.5) is 30.7 Å². The summed E-state index contributed by atoms with van der Waals surface area (Å²) < 4.78 is 94.0. The van der Waals surface area contributed by atoms with E-state index in [4.69, 9.17) is 23.2 Å². The van der Waals surface area contributed by atoms with Gasteiger partial charge in [0.15, 0.2) is 0 Å². The Bertz CT molecular complexity index is 888. The van der Waals surface area contributed by atoms with Crippen molar-refractivity contribution in [3.8, 4) is 0 Å². The maximum atomic E-state index is 14.5. The summed E-state index contributed by atoms with van der Waals surface area (Å²) in [6, 6.07) is 4.46. The zero-order valence-electron chi connectivity index (χ0n) is 14.4. The van der Waals surface area contributed by atoms with Crippen molar-refractivity contribution in [1.29, 1.82) is 0 Å². The number of benzene rings is 2. The fourth-order valence-electron chi connectivity index (χ4n) is 2.54. The van der Waals surface area contributed by atoms with Gasteiger partial charge in [0.1, 0.15) is 11.7 Å². The van der Waals surface area contributed by atoms with E-state index >= 15 is 0 Å². The van der Waals surface area contributed by atoms with E-state index in [0.29, 0.717) is 11.6 Å². The van der Waals surface area contributed by atoms with Crippen molar-refractivity contribution < 1.29 is 30.7 Å². The maximum absolute atomic E-state index is 14.5. The molecule has 0 spiro atoms. The van der Waals surface area contributed by atoms with Crippen LogP contribution in [0.2, 0.25) is 10.0 Å². The highest BCUT2D eigenvalue weighted by atomic mass is 35.5. The molecule has 0 saturated heterocycles. The normalized spacial score (nSPS) is 14.3. The molecule has 0 N–H and O–H groups in total. The first-order valence-corrected chi connectivity index (χ1v) is 8.55.